The van der Waals surface area contributed by atoms with Crippen LogP contribution >= 0.6 is 11.8 Å². The van der Waals surface area contributed by atoms with Crippen LogP contribution in [-0.4, -0.2) is 96.8 Å². The molecule has 7 nitrogen and oxygen atoms in total. The molecule has 30 heavy (non-hydrogen) atoms. The zero-order chi connectivity index (χ0) is 20.8. The molecule has 0 bridgehead atoms. The highest BCUT2D eigenvalue weighted by Crippen LogP contribution is 2.33. The number of thioether (sulfide) groups is 1. The number of nitrogens with zero attached hydrogens (tertiary/aromatic N) is 4. The van der Waals surface area contributed by atoms with E-state index in [0.717, 1.165) is 77.7 Å². The van der Waals surface area contributed by atoms with Gasteiger partial charge in [0.15, 0.2) is 0 Å². The summed E-state index contributed by atoms with van der Waals surface area (Å²) in [5, 5.41) is 12.2. The van der Waals surface area contributed by atoms with E-state index in [9.17, 15) is 4.79 Å². The van der Waals surface area contributed by atoms with Crippen molar-refractivity contribution in [2.24, 2.45) is 0 Å². The molecule has 8 heteroatoms. The van der Waals surface area contributed by atoms with Crippen LogP contribution < -0.4 is 5.32 Å². The van der Waals surface area contributed by atoms with Gasteiger partial charge >= 0.3 is 6.03 Å². The average Bonchev–Trinajstić information content (AvgIpc) is 3.29. The zero-order valence-electron chi connectivity index (χ0n) is 17.5. The van der Waals surface area contributed by atoms with Crippen LogP contribution in [0.4, 0.5) is 4.79 Å². The number of hydrogen-bond acceptors (Lipinski definition) is 6. The summed E-state index contributed by atoms with van der Waals surface area (Å²) < 4.78 is 5.53. The van der Waals surface area contributed by atoms with Gasteiger partial charge in [0.1, 0.15) is 0 Å². The summed E-state index contributed by atoms with van der Waals surface area (Å²) in [4.78, 5) is 19.7. The van der Waals surface area contributed by atoms with E-state index in [-0.39, 0.29) is 11.6 Å². The first-order chi connectivity index (χ1) is 14.7. The molecule has 1 aromatic carbocycles. The quantitative estimate of drug-likeness (QED) is 0.767. The molecule has 4 rings (SSSR count). The summed E-state index contributed by atoms with van der Waals surface area (Å²) in [5.74, 6) is 2.26. The zero-order valence-corrected chi connectivity index (χ0v) is 18.3. The van der Waals surface area contributed by atoms with Gasteiger partial charge in [0.25, 0.3) is 0 Å². The van der Waals surface area contributed by atoms with Crippen LogP contribution in [0.3, 0.4) is 0 Å². The van der Waals surface area contributed by atoms with E-state index in [0.29, 0.717) is 5.56 Å². The molecule has 0 unspecified atom stereocenters. The Kier molecular flexibility index (Phi) is 7.16. The number of hydrogen-bond donors (Lipinski definition) is 1. The van der Waals surface area contributed by atoms with Crippen molar-refractivity contribution in [2.75, 3.05) is 70.5 Å². The molecular formula is C22H31N5O2S. The third-order valence-electron chi connectivity index (χ3n) is 6.48. The summed E-state index contributed by atoms with van der Waals surface area (Å²) in [7, 11) is 0. The minimum absolute atomic E-state index is 0.0672. The second-order valence-electron chi connectivity index (χ2n) is 8.36. The molecule has 1 aromatic rings. The van der Waals surface area contributed by atoms with E-state index in [2.05, 4.69) is 21.2 Å². The minimum atomic E-state index is 0.0672. The molecule has 0 aliphatic carbocycles. The summed E-state index contributed by atoms with van der Waals surface area (Å²) in [6, 6.07) is 9.99. The van der Waals surface area contributed by atoms with Gasteiger partial charge in [0.2, 0.25) is 0 Å². The Balaban J connectivity index is 1.24. The van der Waals surface area contributed by atoms with Crippen molar-refractivity contribution in [1.29, 1.82) is 5.26 Å². The van der Waals surface area contributed by atoms with Gasteiger partial charge in [-0.25, -0.2) is 4.79 Å². The van der Waals surface area contributed by atoms with E-state index < -0.39 is 0 Å². The van der Waals surface area contributed by atoms with Crippen LogP contribution in [0.1, 0.15) is 17.5 Å². The van der Waals surface area contributed by atoms with E-state index in [1.807, 2.05) is 40.9 Å². The number of ether oxygens (including phenoxy) is 1. The number of amides is 2. The summed E-state index contributed by atoms with van der Waals surface area (Å²) in [6.07, 6.45) is 1.14. The summed E-state index contributed by atoms with van der Waals surface area (Å²) >= 11 is 1.99. The standard InChI is InChI=1S/C22H31N5O2S/c23-15-19-1-3-20(4-2-19)16-25-6-8-26(9-7-25)21(28)24-17-22(5-14-30-18-22)27-10-12-29-13-11-27/h1-4H,5-14,16-18H2,(H,24,28)/t22-/m0/s1. The Hall–Kier alpha value is -1.79. The van der Waals surface area contributed by atoms with Crippen LogP contribution in [0, 0.1) is 11.3 Å². The van der Waals surface area contributed by atoms with Crippen LogP contribution in [-0.2, 0) is 11.3 Å². The van der Waals surface area contributed by atoms with E-state index in [1.54, 1.807) is 0 Å². The lowest BCUT2D eigenvalue weighted by Crippen LogP contribution is -2.61. The molecule has 1 N–H and O–H groups in total. The van der Waals surface area contributed by atoms with Crippen molar-refractivity contribution < 1.29 is 9.53 Å². The van der Waals surface area contributed by atoms with Crippen molar-refractivity contribution in [1.82, 2.24) is 20.0 Å². The van der Waals surface area contributed by atoms with Gasteiger partial charge in [0.05, 0.1) is 24.8 Å². The minimum Gasteiger partial charge on any atom is -0.379 e. The molecule has 2 amide bonds. The van der Waals surface area contributed by atoms with Gasteiger partial charge in [-0.05, 0) is 29.9 Å². The lowest BCUT2D eigenvalue weighted by Gasteiger charge is -2.43. The number of rotatable bonds is 5. The predicted molar refractivity (Wildman–Crippen MR) is 118 cm³/mol. The number of urea groups is 1. The predicted octanol–water partition coefficient (Wildman–Crippen LogP) is 1.59. The van der Waals surface area contributed by atoms with Gasteiger partial charge in [-0.3, -0.25) is 9.80 Å². The monoisotopic (exact) mass is 429 g/mol. The number of carbonyl (C=O) groups is 1. The van der Waals surface area contributed by atoms with Gasteiger partial charge in [-0.15, -0.1) is 0 Å². The second kappa shape index (κ2) is 10.0. The van der Waals surface area contributed by atoms with Crippen molar-refractivity contribution in [3.63, 3.8) is 0 Å². The molecule has 0 saturated carbocycles. The Morgan fingerprint density at radius 3 is 2.50 bits per heavy atom. The fraction of sp³-hybridized carbons (Fsp3) is 0.636. The second-order valence-corrected chi connectivity index (χ2v) is 9.46. The van der Waals surface area contributed by atoms with Crippen LogP contribution in [0.5, 0.6) is 0 Å². The highest BCUT2D eigenvalue weighted by Gasteiger charge is 2.41. The Morgan fingerprint density at radius 2 is 1.87 bits per heavy atom. The number of nitriles is 1. The molecule has 0 aromatic heterocycles. The largest absolute Gasteiger partial charge is 0.379 e. The van der Waals surface area contributed by atoms with Gasteiger partial charge in [-0.1, -0.05) is 12.1 Å². The summed E-state index contributed by atoms with van der Waals surface area (Å²) in [6.45, 7) is 8.35. The maximum Gasteiger partial charge on any atom is 0.317 e. The van der Waals surface area contributed by atoms with Crippen LogP contribution in [0.15, 0.2) is 24.3 Å². The fourth-order valence-corrected chi connectivity index (χ4v) is 6.02. The molecule has 1 atom stereocenters. The molecule has 3 heterocycles. The number of piperazine rings is 1. The first-order valence-electron chi connectivity index (χ1n) is 10.8. The number of morpholine rings is 1. The maximum absolute atomic E-state index is 12.8. The van der Waals surface area contributed by atoms with Crippen molar-refractivity contribution in [3.8, 4) is 6.07 Å². The highest BCUT2D eigenvalue weighted by molar-refractivity contribution is 7.99. The van der Waals surface area contributed by atoms with Crippen LogP contribution in [0.25, 0.3) is 0 Å². The van der Waals surface area contributed by atoms with Gasteiger partial charge in [-0.2, -0.15) is 17.0 Å². The van der Waals surface area contributed by atoms with Crippen molar-refractivity contribution in [3.05, 3.63) is 35.4 Å². The summed E-state index contributed by atoms with van der Waals surface area (Å²) in [5.41, 5.74) is 1.98. The molecule has 3 aliphatic heterocycles. The lowest BCUT2D eigenvalue weighted by molar-refractivity contribution is -0.0128. The molecule has 162 valence electrons. The Bertz CT molecular complexity index is 746. The van der Waals surface area contributed by atoms with Crippen LogP contribution in [0.2, 0.25) is 0 Å². The Labute approximate surface area is 183 Å². The normalized spacial score (nSPS) is 25.8. The SMILES string of the molecule is N#Cc1ccc(CN2CCN(C(=O)NC[C@@]3(N4CCOCC4)CCSC3)CC2)cc1. The van der Waals surface area contributed by atoms with E-state index in [4.69, 9.17) is 10.00 Å². The van der Waals surface area contributed by atoms with Gasteiger partial charge in [0, 0.05) is 63.6 Å². The first-order valence-corrected chi connectivity index (χ1v) is 12.0. The molecule has 3 fully saturated rings. The third kappa shape index (κ3) is 5.09. The molecule has 0 radical (unpaired) electrons. The smallest absolute Gasteiger partial charge is 0.317 e. The number of benzene rings is 1. The van der Waals surface area contributed by atoms with Gasteiger partial charge < -0.3 is 15.0 Å². The number of nitrogens with one attached hydrogen (secondary N) is 1. The topological polar surface area (TPSA) is 71.8 Å². The highest BCUT2D eigenvalue weighted by atomic mass is 32.2. The number of carbonyl (C=O) groups excluding carboxylic acids is 1. The lowest BCUT2D eigenvalue weighted by atomic mass is 9.95. The first kappa shape index (κ1) is 21.4. The Morgan fingerprint density at radius 1 is 1.13 bits per heavy atom. The molecular weight excluding hydrogens is 398 g/mol. The van der Waals surface area contributed by atoms with Crippen molar-refractivity contribution in [2.45, 2.75) is 18.5 Å². The molecule has 3 aliphatic rings. The van der Waals surface area contributed by atoms with Crippen molar-refractivity contribution >= 4 is 17.8 Å². The van der Waals surface area contributed by atoms with E-state index >= 15 is 0 Å². The average molecular weight is 430 g/mol. The molecule has 3 saturated heterocycles. The molecule has 0 spiro atoms. The van der Waals surface area contributed by atoms with E-state index in [1.165, 1.54) is 11.3 Å². The third-order valence-corrected chi connectivity index (χ3v) is 7.72. The fourth-order valence-electron chi connectivity index (χ4n) is 4.54. The maximum atomic E-state index is 12.8.